The van der Waals surface area contributed by atoms with Crippen LogP contribution >= 0.6 is 0 Å². The molecule has 2 aromatic rings. The Kier molecular flexibility index (Phi) is 3.03. The summed E-state index contributed by atoms with van der Waals surface area (Å²) in [6.07, 6.45) is 2.12. The maximum Gasteiger partial charge on any atom is 0.312 e. The molecule has 0 spiro atoms. The lowest BCUT2D eigenvalue weighted by molar-refractivity contribution is 0.246. The molecule has 18 heavy (non-hydrogen) atoms. The van der Waals surface area contributed by atoms with Crippen LogP contribution in [0.25, 0.3) is 10.9 Å². The Morgan fingerprint density at radius 1 is 1.39 bits per heavy atom. The maximum absolute atomic E-state index is 10.9. The number of hydrogen-bond donors (Lipinski definition) is 2. The van der Waals surface area contributed by atoms with Crippen molar-refractivity contribution in [2.75, 3.05) is 6.54 Å². The molecule has 4 heteroatoms. The minimum absolute atomic E-state index is 0.157. The van der Waals surface area contributed by atoms with E-state index in [2.05, 4.69) is 42.1 Å². The van der Waals surface area contributed by atoms with Crippen molar-refractivity contribution in [2.45, 2.75) is 19.3 Å². The molecule has 0 atom stereocenters. The summed E-state index contributed by atoms with van der Waals surface area (Å²) in [6, 6.07) is 7.78. The van der Waals surface area contributed by atoms with Gasteiger partial charge < -0.3 is 15.6 Å². The number of carbonyl (C=O) groups is 1. The van der Waals surface area contributed by atoms with Crippen LogP contribution in [0.4, 0.5) is 4.79 Å². The quantitative estimate of drug-likeness (QED) is 0.855. The molecule has 0 unspecified atom stereocenters. The normalized spacial score (nSPS) is 11.7. The van der Waals surface area contributed by atoms with Crippen LogP contribution in [0.15, 0.2) is 30.5 Å². The first-order valence-electron chi connectivity index (χ1n) is 5.99. The van der Waals surface area contributed by atoms with Gasteiger partial charge in [0, 0.05) is 36.1 Å². The van der Waals surface area contributed by atoms with Gasteiger partial charge in [-0.3, -0.25) is 0 Å². The number of rotatable bonds is 3. The van der Waals surface area contributed by atoms with E-state index in [-0.39, 0.29) is 5.41 Å². The number of urea groups is 1. The number of carbonyl (C=O) groups excluding carboxylic acids is 1. The van der Waals surface area contributed by atoms with Gasteiger partial charge in [0.05, 0.1) is 0 Å². The van der Waals surface area contributed by atoms with Gasteiger partial charge in [0.15, 0.2) is 0 Å². The molecule has 1 aromatic carbocycles. The Labute approximate surface area is 107 Å². The average Bonchev–Trinajstić information content (AvgIpc) is 2.66. The Balaban J connectivity index is 2.43. The summed E-state index contributed by atoms with van der Waals surface area (Å²) < 4.78 is 2.11. The monoisotopic (exact) mass is 245 g/mol. The summed E-state index contributed by atoms with van der Waals surface area (Å²) >= 11 is 0. The molecule has 0 fully saturated rings. The lowest BCUT2D eigenvalue weighted by Crippen LogP contribution is -2.39. The molecule has 0 radical (unpaired) electrons. The van der Waals surface area contributed by atoms with Gasteiger partial charge in [-0.25, -0.2) is 4.79 Å². The van der Waals surface area contributed by atoms with E-state index in [4.69, 9.17) is 5.73 Å². The second kappa shape index (κ2) is 4.37. The standard InChI is InChI=1S/C14H19N3O/c1-14(2,9-16-13(15)18)11-8-17(3)12-7-5-4-6-10(11)12/h4-8H,9H2,1-3H3,(H3,15,16,18). The molecule has 0 saturated carbocycles. The predicted molar refractivity (Wildman–Crippen MR) is 73.5 cm³/mol. The molecule has 1 heterocycles. The summed E-state index contributed by atoms with van der Waals surface area (Å²) in [5.41, 5.74) is 7.39. The van der Waals surface area contributed by atoms with Crippen LogP contribution in [-0.2, 0) is 12.5 Å². The largest absolute Gasteiger partial charge is 0.352 e. The third-order valence-corrected chi connectivity index (χ3v) is 3.33. The highest BCUT2D eigenvalue weighted by atomic mass is 16.2. The molecular weight excluding hydrogens is 226 g/mol. The number of hydrogen-bond acceptors (Lipinski definition) is 1. The zero-order valence-electron chi connectivity index (χ0n) is 11.0. The zero-order valence-corrected chi connectivity index (χ0v) is 11.0. The van der Waals surface area contributed by atoms with E-state index < -0.39 is 6.03 Å². The second-order valence-corrected chi connectivity index (χ2v) is 5.27. The van der Waals surface area contributed by atoms with Gasteiger partial charge in [-0.1, -0.05) is 32.0 Å². The summed E-state index contributed by atoms with van der Waals surface area (Å²) in [7, 11) is 2.03. The van der Waals surface area contributed by atoms with Crippen LogP contribution in [0.3, 0.4) is 0 Å². The highest BCUT2D eigenvalue weighted by Gasteiger charge is 2.24. The number of nitrogens with one attached hydrogen (secondary N) is 1. The summed E-state index contributed by atoms with van der Waals surface area (Å²) in [5, 5.41) is 3.91. The highest BCUT2D eigenvalue weighted by Crippen LogP contribution is 2.31. The topological polar surface area (TPSA) is 60.1 Å². The van der Waals surface area contributed by atoms with E-state index in [9.17, 15) is 4.79 Å². The van der Waals surface area contributed by atoms with Crippen LogP contribution in [0, 0.1) is 0 Å². The van der Waals surface area contributed by atoms with E-state index in [0.29, 0.717) is 6.54 Å². The summed E-state index contributed by atoms with van der Waals surface area (Å²) in [6.45, 7) is 4.73. The minimum atomic E-state index is -0.483. The maximum atomic E-state index is 10.9. The average molecular weight is 245 g/mol. The molecule has 1 aromatic heterocycles. The molecule has 96 valence electrons. The molecule has 3 N–H and O–H groups in total. The lowest BCUT2D eigenvalue weighted by atomic mass is 9.84. The number of aromatic nitrogens is 1. The fourth-order valence-electron chi connectivity index (χ4n) is 2.28. The Morgan fingerprint density at radius 3 is 2.72 bits per heavy atom. The van der Waals surface area contributed by atoms with E-state index in [1.54, 1.807) is 0 Å². The number of aryl methyl sites for hydroxylation is 1. The van der Waals surface area contributed by atoms with Crippen molar-refractivity contribution in [1.82, 2.24) is 9.88 Å². The second-order valence-electron chi connectivity index (χ2n) is 5.27. The van der Waals surface area contributed by atoms with Crippen molar-refractivity contribution in [3.05, 3.63) is 36.0 Å². The Bertz CT molecular complexity index is 584. The van der Waals surface area contributed by atoms with Crippen molar-refractivity contribution in [2.24, 2.45) is 12.8 Å². The van der Waals surface area contributed by atoms with Crippen molar-refractivity contribution < 1.29 is 4.79 Å². The third kappa shape index (κ3) is 2.18. The Morgan fingerprint density at radius 2 is 2.06 bits per heavy atom. The molecule has 0 aliphatic heterocycles. The minimum Gasteiger partial charge on any atom is -0.352 e. The molecule has 2 amide bonds. The van der Waals surface area contributed by atoms with Gasteiger partial charge in [-0.15, -0.1) is 0 Å². The van der Waals surface area contributed by atoms with Crippen molar-refractivity contribution >= 4 is 16.9 Å². The Hall–Kier alpha value is -1.97. The number of primary amides is 1. The fraction of sp³-hybridized carbons (Fsp3) is 0.357. The molecule has 4 nitrogen and oxygen atoms in total. The van der Waals surface area contributed by atoms with Gasteiger partial charge in [-0.2, -0.15) is 0 Å². The zero-order chi connectivity index (χ0) is 13.3. The van der Waals surface area contributed by atoms with E-state index in [1.807, 2.05) is 19.2 Å². The predicted octanol–water partition coefficient (Wildman–Crippen LogP) is 2.12. The first kappa shape index (κ1) is 12.5. The number of nitrogens with zero attached hydrogens (tertiary/aromatic N) is 1. The first-order valence-corrected chi connectivity index (χ1v) is 5.99. The summed E-state index contributed by atoms with van der Waals surface area (Å²) in [5.74, 6) is 0. The fourth-order valence-corrected chi connectivity index (χ4v) is 2.28. The van der Waals surface area contributed by atoms with Gasteiger partial charge in [0.25, 0.3) is 0 Å². The molecular formula is C14H19N3O. The highest BCUT2D eigenvalue weighted by molar-refractivity contribution is 5.85. The third-order valence-electron chi connectivity index (χ3n) is 3.33. The van der Waals surface area contributed by atoms with Gasteiger partial charge in [-0.05, 0) is 11.6 Å². The SMILES string of the molecule is Cn1cc(C(C)(C)CNC(N)=O)c2ccccc21. The van der Waals surface area contributed by atoms with Crippen LogP contribution in [0.5, 0.6) is 0 Å². The molecule has 0 saturated heterocycles. The van der Waals surface area contributed by atoms with Gasteiger partial charge in [0.2, 0.25) is 0 Å². The number of fused-ring (bicyclic) bond motifs is 1. The molecule has 0 aliphatic carbocycles. The lowest BCUT2D eigenvalue weighted by Gasteiger charge is -2.24. The first-order chi connectivity index (χ1) is 8.42. The van der Waals surface area contributed by atoms with Crippen LogP contribution in [0.2, 0.25) is 0 Å². The smallest absolute Gasteiger partial charge is 0.312 e. The van der Waals surface area contributed by atoms with Crippen LogP contribution in [0.1, 0.15) is 19.4 Å². The van der Waals surface area contributed by atoms with Crippen molar-refractivity contribution in [3.8, 4) is 0 Å². The van der Waals surface area contributed by atoms with E-state index >= 15 is 0 Å². The van der Waals surface area contributed by atoms with Crippen LogP contribution in [-0.4, -0.2) is 17.1 Å². The number of para-hydroxylation sites is 1. The number of benzene rings is 1. The molecule has 2 rings (SSSR count). The van der Waals surface area contributed by atoms with Crippen molar-refractivity contribution in [1.29, 1.82) is 0 Å². The van der Waals surface area contributed by atoms with E-state index in [1.165, 1.54) is 16.5 Å². The molecule has 0 bridgehead atoms. The van der Waals surface area contributed by atoms with Gasteiger partial charge >= 0.3 is 6.03 Å². The number of amides is 2. The van der Waals surface area contributed by atoms with Gasteiger partial charge in [0.1, 0.15) is 0 Å². The van der Waals surface area contributed by atoms with Crippen LogP contribution < -0.4 is 11.1 Å². The van der Waals surface area contributed by atoms with Crippen molar-refractivity contribution in [3.63, 3.8) is 0 Å². The summed E-state index contributed by atoms with van der Waals surface area (Å²) in [4.78, 5) is 10.9. The number of nitrogens with two attached hydrogens (primary N) is 1. The van der Waals surface area contributed by atoms with E-state index in [0.717, 1.165) is 0 Å². The molecule has 0 aliphatic rings.